The van der Waals surface area contributed by atoms with Gasteiger partial charge in [0, 0.05) is 17.7 Å². The van der Waals surface area contributed by atoms with Crippen molar-refractivity contribution in [3.05, 3.63) is 63.7 Å². The molecule has 0 heterocycles. The molecule has 0 aliphatic heterocycles. The summed E-state index contributed by atoms with van der Waals surface area (Å²) in [5, 5.41) is 14.1. The van der Waals surface area contributed by atoms with Crippen LogP contribution in [0.15, 0.2) is 47.6 Å². The number of hydrazone groups is 1. The van der Waals surface area contributed by atoms with Gasteiger partial charge in [-0.15, -0.1) is 0 Å². The average Bonchev–Trinajstić information content (AvgIpc) is 2.54. The highest BCUT2D eigenvalue weighted by Crippen LogP contribution is 2.23. The van der Waals surface area contributed by atoms with E-state index in [1.165, 1.54) is 18.3 Å². The first kappa shape index (κ1) is 15.3. The van der Waals surface area contributed by atoms with Gasteiger partial charge in [-0.25, -0.2) is 0 Å². The standard InChI is InChI=1S/C15H15N3O4/c1-21-15-7-2-11(9-17-16)8-12(15)10-22-14-5-3-13(4-6-14)18(19)20/h2-9H,10,16H2,1H3. The number of hydrogen-bond acceptors (Lipinski definition) is 6. The molecular weight excluding hydrogens is 286 g/mol. The topological polar surface area (TPSA) is 100.0 Å². The summed E-state index contributed by atoms with van der Waals surface area (Å²) in [6.45, 7) is 0.257. The maximum atomic E-state index is 10.6. The lowest BCUT2D eigenvalue weighted by atomic mass is 10.1. The highest BCUT2D eigenvalue weighted by Gasteiger charge is 2.07. The predicted molar refractivity (Wildman–Crippen MR) is 82.2 cm³/mol. The van der Waals surface area contributed by atoms with Crippen molar-refractivity contribution in [3.63, 3.8) is 0 Å². The quantitative estimate of drug-likeness (QED) is 0.382. The molecule has 0 bridgehead atoms. The van der Waals surface area contributed by atoms with Crippen molar-refractivity contribution in [2.75, 3.05) is 7.11 Å². The fourth-order valence-corrected chi connectivity index (χ4v) is 1.90. The number of nitrogens with two attached hydrogens (primary N) is 1. The van der Waals surface area contributed by atoms with Gasteiger partial charge in [0.25, 0.3) is 5.69 Å². The van der Waals surface area contributed by atoms with Gasteiger partial charge in [-0.05, 0) is 35.9 Å². The first-order valence-electron chi connectivity index (χ1n) is 6.41. The number of hydrogen-bond donors (Lipinski definition) is 1. The molecule has 2 aromatic rings. The van der Waals surface area contributed by atoms with E-state index >= 15 is 0 Å². The molecule has 0 aliphatic rings. The van der Waals surface area contributed by atoms with Crippen LogP contribution >= 0.6 is 0 Å². The van der Waals surface area contributed by atoms with Crippen molar-refractivity contribution in [2.24, 2.45) is 10.9 Å². The van der Waals surface area contributed by atoms with Crippen LogP contribution in [-0.4, -0.2) is 18.2 Å². The van der Waals surface area contributed by atoms with Crippen LogP contribution in [0.25, 0.3) is 0 Å². The Kier molecular flexibility index (Phi) is 4.92. The second-order valence-electron chi connectivity index (χ2n) is 4.39. The molecule has 22 heavy (non-hydrogen) atoms. The zero-order valence-electron chi connectivity index (χ0n) is 11.9. The molecule has 0 aliphatic carbocycles. The van der Waals surface area contributed by atoms with E-state index in [-0.39, 0.29) is 12.3 Å². The number of nitrogens with zero attached hydrogens (tertiary/aromatic N) is 2. The number of benzene rings is 2. The number of non-ortho nitro benzene ring substituents is 1. The smallest absolute Gasteiger partial charge is 0.269 e. The Labute approximate surface area is 127 Å². The van der Waals surface area contributed by atoms with Crippen molar-refractivity contribution in [1.29, 1.82) is 0 Å². The third-order valence-electron chi connectivity index (χ3n) is 2.97. The van der Waals surface area contributed by atoms with Gasteiger partial charge in [-0.3, -0.25) is 10.1 Å². The largest absolute Gasteiger partial charge is 0.496 e. The molecule has 0 saturated heterocycles. The summed E-state index contributed by atoms with van der Waals surface area (Å²) in [5.74, 6) is 6.35. The first-order chi connectivity index (χ1) is 10.6. The van der Waals surface area contributed by atoms with Crippen LogP contribution < -0.4 is 15.3 Å². The van der Waals surface area contributed by atoms with Crippen molar-refractivity contribution >= 4 is 11.9 Å². The predicted octanol–water partition coefficient (Wildman–Crippen LogP) is 2.48. The van der Waals surface area contributed by atoms with Gasteiger partial charge in [0.05, 0.1) is 18.2 Å². The Morgan fingerprint density at radius 1 is 1.27 bits per heavy atom. The van der Waals surface area contributed by atoms with Crippen LogP contribution in [0.2, 0.25) is 0 Å². The van der Waals surface area contributed by atoms with Crippen LogP contribution in [0.4, 0.5) is 5.69 Å². The maximum absolute atomic E-state index is 10.6. The van der Waals surface area contributed by atoms with E-state index in [9.17, 15) is 10.1 Å². The lowest BCUT2D eigenvalue weighted by Crippen LogP contribution is -2.00. The molecule has 0 saturated carbocycles. The Balaban J connectivity index is 2.12. The summed E-state index contributed by atoms with van der Waals surface area (Å²) in [5.41, 5.74) is 1.66. The molecule has 2 aromatic carbocycles. The second kappa shape index (κ2) is 7.07. The molecule has 2 N–H and O–H groups in total. The Morgan fingerprint density at radius 3 is 2.59 bits per heavy atom. The third-order valence-corrected chi connectivity index (χ3v) is 2.97. The molecule has 0 fully saturated rings. The SMILES string of the molecule is COc1ccc(C=NN)cc1COc1ccc([N+](=O)[O-])cc1. The molecule has 114 valence electrons. The molecule has 0 atom stereocenters. The monoisotopic (exact) mass is 301 g/mol. The van der Waals surface area contributed by atoms with Crippen LogP contribution in [-0.2, 0) is 6.61 Å². The molecule has 0 amide bonds. The van der Waals surface area contributed by atoms with Crippen LogP contribution in [0.5, 0.6) is 11.5 Å². The third kappa shape index (κ3) is 3.72. The summed E-state index contributed by atoms with van der Waals surface area (Å²) in [7, 11) is 1.57. The van der Waals surface area contributed by atoms with Crippen LogP contribution in [0.1, 0.15) is 11.1 Å². The molecule has 7 nitrogen and oxygen atoms in total. The number of methoxy groups -OCH3 is 1. The Morgan fingerprint density at radius 2 is 2.00 bits per heavy atom. The van der Waals surface area contributed by atoms with E-state index in [1.54, 1.807) is 25.3 Å². The average molecular weight is 301 g/mol. The maximum Gasteiger partial charge on any atom is 0.269 e. The second-order valence-corrected chi connectivity index (χ2v) is 4.39. The van der Waals surface area contributed by atoms with Gasteiger partial charge < -0.3 is 15.3 Å². The Hall–Kier alpha value is -3.09. The number of ether oxygens (including phenoxy) is 2. The van der Waals surface area contributed by atoms with Crippen LogP contribution in [0.3, 0.4) is 0 Å². The minimum absolute atomic E-state index is 0.0195. The fourth-order valence-electron chi connectivity index (χ4n) is 1.90. The van der Waals surface area contributed by atoms with E-state index in [2.05, 4.69) is 5.10 Å². The number of rotatable bonds is 6. The summed E-state index contributed by atoms with van der Waals surface area (Å²) in [6.07, 6.45) is 1.52. The fraction of sp³-hybridized carbons (Fsp3) is 0.133. The molecule has 0 aromatic heterocycles. The van der Waals surface area contributed by atoms with Crippen molar-refractivity contribution in [1.82, 2.24) is 0 Å². The Bertz CT molecular complexity index is 684. The molecule has 0 unspecified atom stereocenters. The normalized spacial score (nSPS) is 10.6. The lowest BCUT2D eigenvalue weighted by Gasteiger charge is -2.11. The number of nitro groups is 1. The highest BCUT2D eigenvalue weighted by molar-refractivity contribution is 5.80. The van der Waals surface area contributed by atoms with Gasteiger partial charge in [0.15, 0.2) is 0 Å². The van der Waals surface area contributed by atoms with Crippen molar-refractivity contribution in [3.8, 4) is 11.5 Å². The molecule has 0 radical (unpaired) electrons. The van der Waals surface area contributed by atoms with Gasteiger partial charge in [0.2, 0.25) is 0 Å². The molecular formula is C15H15N3O4. The summed E-state index contributed by atoms with van der Waals surface area (Å²) in [6, 6.07) is 11.4. The molecule has 0 spiro atoms. The first-order valence-corrected chi connectivity index (χ1v) is 6.41. The molecule has 7 heteroatoms. The summed E-state index contributed by atoms with van der Waals surface area (Å²) < 4.78 is 10.9. The highest BCUT2D eigenvalue weighted by atomic mass is 16.6. The van der Waals surface area contributed by atoms with E-state index in [0.29, 0.717) is 11.5 Å². The number of nitro benzene ring substituents is 1. The van der Waals surface area contributed by atoms with Gasteiger partial charge >= 0.3 is 0 Å². The van der Waals surface area contributed by atoms with Gasteiger partial charge in [-0.1, -0.05) is 0 Å². The van der Waals surface area contributed by atoms with E-state index < -0.39 is 4.92 Å². The molecule has 2 rings (SSSR count). The van der Waals surface area contributed by atoms with E-state index in [0.717, 1.165) is 11.1 Å². The minimum Gasteiger partial charge on any atom is -0.496 e. The zero-order chi connectivity index (χ0) is 15.9. The van der Waals surface area contributed by atoms with Gasteiger partial charge in [0.1, 0.15) is 18.1 Å². The van der Waals surface area contributed by atoms with Crippen molar-refractivity contribution in [2.45, 2.75) is 6.61 Å². The lowest BCUT2D eigenvalue weighted by molar-refractivity contribution is -0.384. The minimum atomic E-state index is -0.456. The van der Waals surface area contributed by atoms with Crippen molar-refractivity contribution < 1.29 is 14.4 Å². The zero-order valence-corrected chi connectivity index (χ0v) is 11.9. The van der Waals surface area contributed by atoms with Crippen LogP contribution in [0, 0.1) is 10.1 Å². The summed E-state index contributed by atoms with van der Waals surface area (Å²) >= 11 is 0. The van der Waals surface area contributed by atoms with Gasteiger partial charge in [-0.2, -0.15) is 5.10 Å². The summed E-state index contributed by atoms with van der Waals surface area (Å²) in [4.78, 5) is 10.1. The van der Waals surface area contributed by atoms with E-state index in [4.69, 9.17) is 15.3 Å². The van der Waals surface area contributed by atoms with E-state index in [1.807, 2.05) is 12.1 Å².